The fraction of sp³-hybridized carbons (Fsp3) is 0.588. The predicted octanol–water partition coefficient (Wildman–Crippen LogP) is 0.746. The minimum absolute atomic E-state index is 0.0967. The summed E-state index contributed by atoms with van der Waals surface area (Å²) in [5, 5.41) is 10.1. The number of piperidine rings is 1. The molecule has 1 N–H and O–H groups in total. The number of hydrogen-bond donors (Lipinski definition) is 1. The Bertz CT molecular complexity index is 545. The first-order valence-electron chi connectivity index (χ1n) is 7.93. The Morgan fingerprint density at radius 1 is 1.32 bits per heavy atom. The first kappa shape index (κ1) is 14.2. The van der Waals surface area contributed by atoms with Crippen LogP contribution in [0.3, 0.4) is 0 Å². The largest absolute Gasteiger partial charge is 0.460 e. The average Bonchev–Trinajstić information content (AvgIpc) is 3.26. The quantitative estimate of drug-likeness (QED) is 0.657. The lowest BCUT2D eigenvalue weighted by Gasteiger charge is -2.38. The van der Waals surface area contributed by atoms with Crippen LogP contribution in [0.25, 0.3) is 0 Å². The van der Waals surface area contributed by atoms with Gasteiger partial charge in [-0.1, -0.05) is 30.3 Å². The summed E-state index contributed by atoms with van der Waals surface area (Å²) in [7, 11) is 2.12. The van der Waals surface area contributed by atoms with Gasteiger partial charge in [0.05, 0.1) is 0 Å². The van der Waals surface area contributed by atoms with Crippen LogP contribution < -0.4 is 0 Å². The fourth-order valence-electron chi connectivity index (χ4n) is 3.96. The van der Waals surface area contributed by atoms with Crippen LogP contribution in [0, 0.1) is 0 Å². The van der Waals surface area contributed by atoms with E-state index in [1.165, 1.54) is 0 Å². The van der Waals surface area contributed by atoms with Crippen molar-refractivity contribution in [1.82, 2.24) is 4.90 Å². The molecule has 0 aliphatic carbocycles. The summed E-state index contributed by atoms with van der Waals surface area (Å²) in [5.41, 5.74) is 0.935. The summed E-state index contributed by atoms with van der Waals surface area (Å²) < 4.78 is 11.2. The molecule has 5 atom stereocenters. The zero-order valence-corrected chi connectivity index (χ0v) is 12.6. The highest BCUT2D eigenvalue weighted by Crippen LogP contribution is 2.47. The molecular weight excluding hydrogens is 282 g/mol. The third-order valence-corrected chi connectivity index (χ3v) is 5.20. The number of aliphatic hydroxyl groups is 1. The van der Waals surface area contributed by atoms with E-state index in [0.717, 1.165) is 18.4 Å². The van der Waals surface area contributed by atoms with Crippen molar-refractivity contribution in [3.8, 4) is 0 Å². The van der Waals surface area contributed by atoms with E-state index in [1.54, 1.807) is 0 Å². The molecule has 22 heavy (non-hydrogen) atoms. The summed E-state index contributed by atoms with van der Waals surface area (Å²) in [4.78, 5) is 14.5. The van der Waals surface area contributed by atoms with Gasteiger partial charge in [-0.25, -0.2) is 4.79 Å². The van der Waals surface area contributed by atoms with Gasteiger partial charge in [0, 0.05) is 31.3 Å². The molecule has 3 fully saturated rings. The van der Waals surface area contributed by atoms with Crippen LogP contribution in [-0.2, 0) is 20.7 Å². The third kappa shape index (κ3) is 2.43. The van der Waals surface area contributed by atoms with Crippen molar-refractivity contribution >= 4 is 5.97 Å². The molecule has 1 aromatic rings. The van der Waals surface area contributed by atoms with Gasteiger partial charge in [-0.3, -0.25) is 4.90 Å². The van der Waals surface area contributed by atoms with Crippen molar-refractivity contribution in [2.24, 2.45) is 0 Å². The second kappa shape index (κ2) is 5.33. The Hall–Kier alpha value is -1.43. The van der Waals surface area contributed by atoms with Crippen LogP contribution in [0.4, 0.5) is 0 Å². The molecule has 0 spiro atoms. The van der Waals surface area contributed by atoms with Crippen molar-refractivity contribution < 1.29 is 19.4 Å². The molecule has 118 valence electrons. The van der Waals surface area contributed by atoms with Crippen LogP contribution in [-0.4, -0.2) is 59.5 Å². The Balaban J connectivity index is 1.33. The Labute approximate surface area is 129 Å². The molecule has 5 heteroatoms. The van der Waals surface area contributed by atoms with E-state index < -0.39 is 12.1 Å². The van der Waals surface area contributed by atoms with Gasteiger partial charge >= 0.3 is 5.97 Å². The third-order valence-electron chi connectivity index (χ3n) is 5.20. The highest BCUT2D eigenvalue weighted by Gasteiger charge is 2.62. The monoisotopic (exact) mass is 303 g/mol. The number of hydrogen-bond acceptors (Lipinski definition) is 5. The van der Waals surface area contributed by atoms with Crippen molar-refractivity contribution in [3.05, 3.63) is 35.9 Å². The zero-order chi connectivity index (χ0) is 15.3. The van der Waals surface area contributed by atoms with Gasteiger partial charge in [0.2, 0.25) is 0 Å². The molecule has 3 aliphatic heterocycles. The van der Waals surface area contributed by atoms with E-state index in [1.807, 2.05) is 30.3 Å². The number of likely N-dealkylation sites (N-methyl/N-ethyl adjacent to an activating group) is 1. The molecule has 3 heterocycles. The molecule has 2 bridgehead atoms. The maximum absolute atomic E-state index is 12.1. The summed E-state index contributed by atoms with van der Waals surface area (Å²) in [5.74, 6) is -0.507. The van der Waals surface area contributed by atoms with Crippen LogP contribution in [0.2, 0.25) is 0 Å². The van der Waals surface area contributed by atoms with Crippen molar-refractivity contribution in [2.45, 2.75) is 55.8 Å². The van der Waals surface area contributed by atoms with E-state index in [2.05, 4.69) is 11.9 Å². The maximum atomic E-state index is 12.1. The van der Waals surface area contributed by atoms with Gasteiger partial charge in [0.15, 0.2) is 6.10 Å². The lowest BCUT2D eigenvalue weighted by atomic mass is 9.99. The first-order chi connectivity index (χ1) is 10.6. The van der Waals surface area contributed by atoms with Crippen LogP contribution >= 0.6 is 0 Å². The number of aliphatic hydroxyl groups excluding tert-OH is 1. The molecule has 3 aliphatic rings. The second-order valence-corrected chi connectivity index (χ2v) is 6.60. The Morgan fingerprint density at radius 3 is 2.59 bits per heavy atom. The van der Waals surface area contributed by atoms with Gasteiger partial charge < -0.3 is 14.6 Å². The molecule has 0 amide bonds. The number of nitrogens with zero attached hydrogens (tertiary/aromatic N) is 1. The molecule has 4 rings (SSSR count). The topological polar surface area (TPSA) is 62.3 Å². The number of epoxide rings is 1. The molecule has 5 nitrogen and oxygen atoms in total. The van der Waals surface area contributed by atoms with Gasteiger partial charge in [-0.2, -0.15) is 0 Å². The minimum Gasteiger partial charge on any atom is -0.460 e. The molecule has 0 radical (unpaired) electrons. The maximum Gasteiger partial charge on any atom is 0.335 e. The van der Waals surface area contributed by atoms with E-state index in [4.69, 9.17) is 9.47 Å². The standard InChI is InChI=1S/C17H21NO4/c1-18-12-8-11(9-13(18)16-15(12)22-16)21-17(20)14(19)7-10-5-3-2-4-6-10/h2-6,11-16,19H,7-9H2,1H3. The summed E-state index contributed by atoms with van der Waals surface area (Å²) in [6, 6.07) is 10.2. The summed E-state index contributed by atoms with van der Waals surface area (Å²) in [6.07, 6.45) is 1.37. The number of ether oxygens (including phenoxy) is 2. The lowest BCUT2D eigenvalue weighted by molar-refractivity contribution is -0.163. The fourth-order valence-corrected chi connectivity index (χ4v) is 3.96. The number of esters is 1. The normalized spacial score (nSPS) is 37.5. The smallest absolute Gasteiger partial charge is 0.335 e. The molecular formula is C17H21NO4. The number of benzene rings is 1. The second-order valence-electron chi connectivity index (χ2n) is 6.60. The van der Waals surface area contributed by atoms with Gasteiger partial charge in [-0.15, -0.1) is 0 Å². The lowest BCUT2D eigenvalue weighted by Crippen LogP contribution is -2.48. The number of fused-ring (bicyclic) bond motifs is 5. The minimum atomic E-state index is -1.09. The van der Waals surface area contributed by atoms with Crippen molar-refractivity contribution in [1.29, 1.82) is 0 Å². The highest BCUT2D eigenvalue weighted by molar-refractivity contribution is 5.75. The van der Waals surface area contributed by atoms with Crippen LogP contribution in [0.1, 0.15) is 18.4 Å². The molecule has 5 unspecified atom stereocenters. The van der Waals surface area contributed by atoms with Crippen LogP contribution in [0.5, 0.6) is 0 Å². The highest BCUT2D eigenvalue weighted by atomic mass is 16.6. The summed E-state index contributed by atoms with van der Waals surface area (Å²) in [6.45, 7) is 0. The van der Waals surface area contributed by atoms with E-state index >= 15 is 0 Å². The number of rotatable bonds is 4. The summed E-state index contributed by atoms with van der Waals surface area (Å²) >= 11 is 0. The SMILES string of the molecule is CN1C2CC(OC(=O)C(O)Cc3ccccc3)CC1C1OC12. The molecule has 0 saturated carbocycles. The molecule has 1 aromatic carbocycles. The van der Waals surface area contributed by atoms with E-state index in [0.29, 0.717) is 30.7 Å². The Morgan fingerprint density at radius 2 is 1.95 bits per heavy atom. The van der Waals surface area contributed by atoms with Crippen molar-refractivity contribution in [3.63, 3.8) is 0 Å². The number of morpholine rings is 1. The number of carbonyl (C=O) groups is 1. The predicted molar refractivity (Wildman–Crippen MR) is 79.3 cm³/mol. The van der Waals surface area contributed by atoms with Gasteiger partial charge in [-0.05, 0) is 12.6 Å². The Kier molecular flexibility index (Phi) is 3.44. The molecule has 3 saturated heterocycles. The van der Waals surface area contributed by atoms with Crippen molar-refractivity contribution in [2.75, 3.05) is 7.05 Å². The van der Waals surface area contributed by atoms with Gasteiger partial charge in [0.1, 0.15) is 18.3 Å². The number of carbonyl (C=O) groups excluding carboxylic acids is 1. The van der Waals surface area contributed by atoms with E-state index in [-0.39, 0.29) is 6.10 Å². The first-order valence-corrected chi connectivity index (χ1v) is 7.93. The molecule has 0 aromatic heterocycles. The average molecular weight is 303 g/mol. The van der Waals surface area contributed by atoms with E-state index in [9.17, 15) is 9.90 Å². The van der Waals surface area contributed by atoms with Crippen LogP contribution in [0.15, 0.2) is 30.3 Å². The zero-order valence-electron chi connectivity index (χ0n) is 12.6. The van der Waals surface area contributed by atoms with Gasteiger partial charge in [0.25, 0.3) is 0 Å².